The number of rotatable bonds is 3. The molecule has 0 saturated carbocycles. The van der Waals surface area contributed by atoms with E-state index in [2.05, 4.69) is 11.4 Å². The Morgan fingerprint density at radius 1 is 1.06 bits per heavy atom. The second-order valence-corrected chi connectivity index (χ2v) is 3.54. The number of hydrogen-bond acceptors (Lipinski definition) is 2. The van der Waals surface area contributed by atoms with E-state index >= 15 is 0 Å². The van der Waals surface area contributed by atoms with Crippen molar-refractivity contribution >= 4 is 12.1 Å². The maximum Gasteiger partial charge on any atom is 0.211 e. The number of carbonyl (C=O) groups excluding carboxylic acids is 1. The maximum atomic E-state index is 10.4. The van der Waals surface area contributed by atoms with Crippen LogP contribution in [0.2, 0.25) is 0 Å². The number of carbonyl (C=O) groups is 1. The Labute approximate surface area is 99.3 Å². The van der Waals surface area contributed by atoms with Crippen LogP contribution in [-0.4, -0.2) is 6.41 Å². The lowest BCUT2D eigenvalue weighted by Crippen LogP contribution is -1.93. The van der Waals surface area contributed by atoms with Crippen LogP contribution in [0, 0.1) is 11.3 Å². The lowest BCUT2D eigenvalue weighted by molar-refractivity contribution is -0.105. The summed E-state index contributed by atoms with van der Waals surface area (Å²) in [4.78, 5) is 10.4. The van der Waals surface area contributed by atoms with Crippen LogP contribution in [0.5, 0.6) is 0 Å². The van der Waals surface area contributed by atoms with Crippen molar-refractivity contribution in [2.45, 2.75) is 0 Å². The summed E-state index contributed by atoms with van der Waals surface area (Å²) in [5.74, 6) is 0. The van der Waals surface area contributed by atoms with Gasteiger partial charge < -0.3 is 5.32 Å². The Morgan fingerprint density at radius 2 is 1.76 bits per heavy atom. The van der Waals surface area contributed by atoms with Crippen LogP contribution >= 0.6 is 0 Å². The molecule has 2 rings (SSSR count). The minimum atomic E-state index is 0.622. The summed E-state index contributed by atoms with van der Waals surface area (Å²) in [6.07, 6.45) is 0.644. The van der Waals surface area contributed by atoms with Gasteiger partial charge in [-0.1, -0.05) is 24.3 Å². The van der Waals surface area contributed by atoms with Gasteiger partial charge in [0.1, 0.15) is 0 Å². The van der Waals surface area contributed by atoms with Crippen molar-refractivity contribution in [2.75, 3.05) is 5.32 Å². The van der Waals surface area contributed by atoms with E-state index in [0.29, 0.717) is 12.0 Å². The number of nitrogens with zero attached hydrogens (tertiary/aromatic N) is 1. The zero-order chi connectivity index (χ0) is 12.1. The Kier molecular flexibility index (Phi) is 3.18. The number of amides is 1. The third-order valence-electron chi connectivity index (χ3n) is 2.41. The van der Waals surface area contributed by atoms with Crippen molar-refractivity contribution in [3.05, 3.63) is 54.1 Å². The van der Waals surface area contributed by atoms with Gasteiger partial charge in [0, 0.05) is 5.69 Å². The molecule has 0 bridgehead atoms. The van der Waals surface area contributed by atoms with Gasteiger partial charge in [0.25, 0.3) is 0 Å². The first-order valence-electron chi connectivity index (χ1n) is 5.14. The topological polar surface area (TPSA) is 52.9 Å². The average molecular weight is 222 g/mol. The van der Waals surface area contributed by atoms with Crippen LogP contribution in [0.3, 0.4) is 0 Å². The zero-order valence-corrected chi connectivity index (χ0v) is 9.05. The van der Waals surface area contributed by atoms with E-state index in [0.717, 1.165) is 16.8 Å². The molecule has 82 valence electrons. The molecule has 0 atom stereocenters. The van der Waals surface area contributed by atoms with Gasteiger partial charge in [0.15, 0.2) is 0 Å². The van der Waals surface area contributed by atoms with E-state index in [1.165, 1.54) is 0 Å². The molecule has 0 aliphatic carbocycles. The molecule has 0 spiro atoms. The molecule has 2 aromatic rings. The van der Waals surface area contributed by atoms with E-state index in [4.69, 9.17) is 5.26 Å². The molecule has 3 heteroatoms. The highest BCUT2D eigenvalue weighted by Crippen LogP contribution is 2.23. The second-order valence-electron chi connectivity index (χ2n) is 3.54. The minimum Gasteiger partial charge on any atom is -0.329 e. The van der Waals surface area contributed by atoms with Gasteiger partial charge in [-0.2, -0.15) is 5.26 Å². The summed E-state index contributed by atoms with van der Waals surface area (Å²) < 4.78 is 0. The number of nitrogens with one attached hydrogen (secondary N) is 1. The lowest BCUT2D eigenvalue weighted by Gasteiger charge is -2.04. The van der Waals surface area contributed by atoms with Crippen molar-refractivity contribution < 1.29 is 4.79 Å². The number of nitriles is 1. The van der Waals surface area contributed by atoms with Crippen molar-refractivity contribution in [3.63, 3.8) is 0 Å². The Morgan fingerprint density at radius 3 is 2.47 bits per heavy atom. The molecule has 0 aliphatic heterocycles. The van der Waals surface area contributed by atoms with Crippen molar-refractivity contribution in [1.29, 1.82) is 5.26 Å². The van der Waals surface area contributed by atoms with Crippen LogP contribution in [0.1, 0.15) is 5.56 Å². The molecule has 0 unspecified atom stereocenters. The summed E-state index contributed by atoms with van der Waals surface area (Å²) in [5.41, 5.74) is 3.28. The van der Waals surface area contributed by atoms with Crippen molar-refractivity contribution in [1.82, 2.24) is 0 Å². The zero-order valence-electron chi connectivity index (χ0n) is 9.05. The molecule has 0 heterocycles. The van der Waals surface area contributed by atoms with Crippen molar-refractivity contribution in [3.8, 4) is 17.2 Å². The van der Waals surface area contributed by atoms with E-state index in [1.54, 1.807) is 6.07 Å². The first-order chi connectivity index (χ1) is 8.33. The van der Waals surface area contributed by atoms with Gasteiger partial charge in [-0.25, -0.2) is 0 Å². The third kappa shape index (κ3) is 2.50. The molecule has 1 N–H and O–H groups in total. The SMILES string of the molecule is N#Cc1cccc(-c2cccc(NC=O)c2)c1. The first-order valence-corrected chi connectivity index (χ1v) is 5.14. The summed E-state index contributed by atoms with van der Waals surface area (Å²) in [7, 11) is 0. The third-order valence-corrected chi connectivity index (χ3v) is 2.41. The highest BCUT2D eigenvalue weighted by atomic mass is 16.1. The quantitative estimate of drug-likeness (QED) is 0.812. The molecule has 3 nitrogen and oxygen atoms in total. The van der Waals surface area contributed by atoms with Gasteiger partial charge in [-0.3, -0.25) is 4.79 Å². The normalized spacial score (nSPS) is 9.35. The highest BCUT2D eigenvalue weighted by Gasteiger charge is 2.00. The highest BCUT2D eigenvalue weighted by molar-refractivity contribution is 5.76. The molecule has 0 radical (unpaired) electrons. The molecule has 0 aliphatic rings. The van der Waals surface area contributed by atoms with Gasteiger partial charge in [0.05, 0.1) is 11.6 Å². The summed E-state index contributed by atoms with van der Waals surface area (Å²) in [6, 6.07) is 16.9. The van der Waals surface area contributed by atoms with Crippen LogP contribution in [0.15, 0.2) is 48.5 Å². The van der Waals surface area contributed by atoms with Crippen LogP contribution in [-0.2, 0) is 4.79 Å². The largest absolute Gasteiger partial charge is 0.329 e. The smallest absolute Gasteiger partial charge is 0.211 e. The fourth-order valence-corrected chi connectivity index (χ4v) is 1.62. The number of hydrogen-bond donors (Lipinski definition) is 1. The van der Waals surface area contributed by atoms with Crippen LogP contribution < -0.4 is 5.32 Å². The first kappa shape index (κ1) is 10.9. The molecule has 0 fully saturated rings. The average Bonchev–Trinajstić information content (AvgIpc) is 2.40. The van der Waals surface area contributed by atoms with Gasteiger partial charge in [0.2, 0.25) is 6.41 Å². The molecular formula is C14H10N2O. The van der Waals surface area contributed by atoms with Crippen LogP contribution in [0.4, 0.5) is 5.69 Å². The Bertz CT molecular complexity index is 585. The van der Waals surface area contributed by atoms with E-state index in [1.807, 2.05) is 42.5 Å². The minimum absolute atomic E-state index is 0.622. The number of benzene rings is 2. The van der Waals surface area contributed by atoms with Gasteiger partial charge in [-0.05, 0) is 35.4 Å². The lowest BCUT2D eigenvalue weighted by atomic mass is 10.0. The molecule has 0 saturated heterocycles. The van der Waals surface area contributed by atoms with Crippen molar-refractivity contribution in [2.24, 2.45) is 0 Å². The monoisotopic (exact) mass is 222 g/mol. The van der Waals surface area contributed by atoms with E-state index < -0.39 is 0 Å². The predicted molar refractivity (Wildman–Crippen MR) is 66.3 cm³/mol. The molecule has 0 aromatic heterocycles. The Balaban J connectivity index is 2.42. The van der Waals surface area contributed by atoms with Gasteiger partial charge in [-0.15, -0.1) is 0 Å². The summed E-state index contributed by atoms with van der Waals surface area (Å²) >= 11 is 0. The number of anilines is 1. The fraction of sp³-hybridized carbons (Fsp3) is 0. The molecule has 2 aromatic carbocycles. The molecule has 17 heavy (non-hydrogen) atoms. The Hall–Kier alpha value is -2.60. The maximum absolute atomic E-state index is 10.4. The van der Waals surface area contributed by atoms with Gasteiger partial charge >= 0.3 is 0 Å². The summed E-state index contributed by atoms with van der Waals surface area (Å²) in [6.45, 7) is 0. The fourth-order valence-electron chi connectivity index (χ4n) is 1.62. The second kappa shape index (κ2) is 4.95. The van der Waals surface area contributed by atoms with Crippen LogP contribution in [0.25, 0.3) is 11.1 Å². The summed E-state index contributed by atoms with van der Waals surface area (Å²) in [5, 5.41) is 11.4. The van der Waals surface area contributed by atoms with E-state index in [9.17, 15) is 4.79 Å². The molecule has 1 amide bonds. The molecular weight excluding hydrogens is 212 g/mol. The van der Waals surface area contributed by atoms with E-state index in [-0.39, 0.29) is 0 Å². The standard InChI is InChI=1S/C14H10N2O/c15-9-11-3-1-4-12(7-11)13-5-2-6-14(8-13)16-10-17/h1-8,10H,(H,16,17). The predicted octanol–water partition coefficient (Wildman–Crippen LogP) is 2.79.